The van der Waals surface area contributed by atoms with E-state index in [1.54, 1.807) is 0 Å². The van der Waals surface area contributed by atoms with Crippen molar-refractivity contribution in [3.8, 4) is 0 Å². The summed E-state index contributed by atoms with van der Waals surface area (Å²) < 4.78 is 37.9. The molecule has 1 aromatic rings. The van der Waals surface area contributed by atoms with Gasteiger partial charge in [0.15, 0.2) is 0 Å². The quantitative estimate of drug-likeness (QED) is 0.891. The minimum absolute atomic E-state index is 0.0308. The van der Waals surface area contributed by atoms with Crippen LogP contribution >= 0.6 is 11.6 Å². The highest BCUT2D eigenvalue weighted by Gasteiger charge is 2.50. The van der Waals surface area contributed by atoms with E-state index in [-0.39, 0.29) is 5.69 Å². The smallest absolute Gasteiger partial charge is 0.383 e. The Kier molecular flexibility index (Phi) is 3.98. The normalized spacial score (nSPS) is 16.4. The Morgan fingerprint density at radius 3 is 2.11 bits per heavy atom. The summed E-state index contributed by atoms with van der Waals surface area (Å²) in [6, 6.07) is 2.73. The number of aromatic nitrogens is 1. The number of alkyl halides is 3. The highest BCUT2D eigenvalue weighted by molar-refractivity contribution is 6.30. The molecule has 0 bridgehead atoms. The molecule has 0 saturated heterocycles. The number of aliphatic hydroxyl groups is 1. The predicted octanol–water partition coefficient (Wildman–Crippen LogP) is 3.92. The molecule has 0 aliphatic carbocycles. The van der Waals surface area contributed by atoms with Gasteiger partial charge in [-0.1, -0.05) is 32.4 Å². The standard InChI is InChI=1S/C12H15ClF3NO/c1-10(2,3)11(18,7-12(14,15)16)9-5-4-8(13)6-17-9/h4-6,18H,7H2,1-3H3. The van der Waals surface area contributed by atoms with Gasteiger partial charge in [0.05, 0.1) is 17.1 Å². The van der Waals surface area contributed by atoms with E-state index in [1.807, 2.05) is 0 Å². The fraction of sp³-hybridized carbons (Fsp3) is 0.583. The van der Waals surface area contributed by atoms with Crippen molar-refractivity contribution in [2.45, 2.75) is 39.0 Å². The fourth-order valence-corrected chi connectivity index (χ4v) is 1.76. The third-order valence-electron chi connectivity index (χ3n) is 2.85. The number of hydrogen-bond donors (Lipinski definition) is 1. The first-order valence-corrected chi connectivity index (χ1v) is 5.75. The monoisotopic (exact) mass is 281 g/mol. The second kappa shape index (κ2) is 4.70. The Morgan fingerprint density at radius 2 is 1.78 bits per heavy atom. The van der Waals surface area contributed by atoms with Crippen LogP contribution in [-0.2, 0) is 5.60 Å². The second-order valence-corrected chi connectivity index (χ2v) is 5.70. The Bertz CT molecular complexity index is 411. The van der Waals surface area contributed by atoms with Crippen molar-refractivity contribution < 1.29 is 18.3 Å². The predicted molar refractivity (Wildman–Crippen MR) is 63.3 cm³/mol. The Balaban J connectivity index is 3.25. The van der Waals surface area contributed by atoms with Crippen molar-refractivity contribution in [1.82, 2.24) is 4.98 Å². The highest BCUT2D eigenvalue weighted by Crippen LogP contribution is 2.45. The lowest BCUT2D eigenvalue weighted by atomic mass is 9.72. The SMILES string of the molecule is CC(C)(C)C(O)(CC(F)(F)F)c1ccc(Cl)cn1. The minimum Gasteiger partial charge on any atom is -0.383 e. The van der Waals surface area contributed by atoms with Crippen molar-refractivity contribution in [1.29, 1.82) is 0 Å². The molecule has 1 N–H and O–H groups in total. The van der Waals surface area contributed by atoms with Crippen molar-refractivity contribution in [3.63, 3.8) is 0 Å². The van der Waals surface area contributed by atoms with Gasteiger partial charge < -0.3 is 5.11 Å². The molecule has 1 unspecified atom stereocenters. The summed E-state index contributed by atoms with van der Waals surface area (Å²) in [6.45, 7) is 4.61. The van der Waals surface area contributed by atoms with E-state index in [0.717, 1.165) is 0 Å². The van der Waals surface area contributed by atoms with Gasteiger partial charge in [-0.05, 0) is 17.5 Å². The average molecular weight is 282 g/mol. The molecule has 0 aromatic carbocycles. The van der Waals surface area contributed by atoms with Crippen LogP contribution in [-0.4, -0.2) is 16.3 Å². The summed E-state index contributed by atoms with van der Waals surface area (Å²) in [7, 11) is 0. The lowest BCUT2D eigenvalue weighted by molar-refractivity contribution is -0.204. The summed E-state index contributed by atoms with van der Waals surface area (Å²) in [5.74, 6) is 0. The van der Waals surface area contributed by atoms with Crippen LogP contribution in [0.15, 0.2) is 18.3 Å². The second-order valence-electron chi connectivity index (χ2n) is 5.26. The van der Waals surface area contributed by atoms with E-state index in [9.17, 15) is 18.3 Å². The summed E-state index contributed by atoms with van der Waals surface area (Å²) in [4.78, 5) is 3.82. The van der Waals surface area contributed by atoms with Gasteiger partial charge in [-0.25, -0.2) is 0 Å². The highest BCUT2D eigenvalue weighted by atomic mass is 35.5. The van der Waals surface area contributed by atoms with Crippen molar-refractivity contribution in [2.24, 2.45) is 5.41 Å². The molecule has 0 saturated carbocycles. The van der Waals surface area contributed by atoms with E-state index in [0.29, 0.717) is 5.02 Å². The minimum atomic E-state index is -4.48. The largest absolute Gasteiger partial charge is 0.392 e. The topological polar surface area (TPSA) is 33.1 Å². The zero-order valence-electron chi connectivity index (χ0n) is 10.3. The maximum Gasteiger partial charge on any atom is 0.392 e. The van der Waals surface area contributed by atoms with E-state index in [2.05, 4.69) is 4.98 Å². The van der Waals surface area contributed by atoms with Gasteiger partial charge in [0.25, 0.3) is 0 Å². The number of pyridine rings is 1. The molecule has 1 atom stereocenters. The molecule has 1 rings (SSSR count). The van der Waals surface area contributed by atoms with E-state index in [4.69, 9.17) is 11.6 Å². The van der Waals surface area contributed by atoms with Gasteiger partial charge in [0.1, 0.15) is 5.60 Å². The molecule has 0 spiro atoms. The molecule has 18 heavy (non-hydrogen) atoms. The third-order valence-corrected chi connectivity index (χ3v) is 3.07. The average Bonchev–Trinajstić information content (AvgIpc) is 2.13. The third kappa shape index (κ3) is 3.36. The number of rotatable bonds is 2. The van der Waals surface area contributed by atoms with Gasteiger partial charge in [0, 0.05) is 6.20 Å². The van der Waals surface area contributed by atoms with Crippen LogP contribution in [0.25, 0.3) is 0 Å². The van der Waals surface area contributed by atoms with Crippen LogP contribution in [0.5, 0.6) is 0 Å². The molecule has 6 heteroatoms. The summed E-state index contributed by atoms with van der Waals surface area (Å²) in [5.41, 5.74) is -3.13. The van der Waals surface area contributed by atoms with Gasteiger partial charge in [-0.2, -0.15) is 13.2 Å². The molecular formula is C12H15ClF3NO. The molecular weight excluding hydrogens is 267 g/mol. The lowest BCUT2D eigenvalue weighted by Crippen LogP contribution is -2.44. The van der Waals surface area contributed by atoms with Crippen LogP contribution in [0.1, 0.15) is 32.9 Å². The molecule has 0 radical (unpaired) electrons. The van der Waals surface area contributed by atoms with Crippen LogP contribution in [0.4, 0.5) is 13.2 Å². The Hall–Kier alpha value is -0.810. The van der Waals surface area contributed by atoms with E-state index in [1.165, 1.54) is 39.1 Å². The Morgan fingerprint density at radius 1 is 1.22 bits per heavy atom. The van der Waals surface area contributed by atoms with Gasteiger partial charge in [-0.3, -0.25) is 4.98 Å². The molecule has 0 aliphatic heterocycles. The number of hydrogen-bond acceptors (Lipinski definition) is 2. The maximum atomic E-state index is 12.6. The zero-order valence-corrected chi connectivity index (χ0v) is 11.1. The lowest BCUT2D eigenvalue weighted by Gasteiger charge is -2.40. The van der Waals surface area contributed by atoms with Crippen molar-refractivity contribution in [3.05, 3.63) is 29.0 Å². The van der Waals surface area contributed by atoms with Gasteiger partial charge >= 0.3 is 6.18 Å². The van der Waals surface area contributed by atoms with Crippen LogP contribution in [0.2, 0.25) is 5.02 Å². The molecule has 2 nitrogen and oxygen atoms in total. The van der Waals surface area contributed by atoms with Crippen molar-refractivity contribution in [2.75, 3.05) is 0 Å². The molecule has 0 fully saturated rings. The maximum absolute atomic E-state index is 12.6. The van der Waals surface area contributed by atoms with Gasteiger partial charge in [-0.15, -0.1) is 0 Å². The first kappa shape index (κ1) is 15.2. The molecule has 0 aliphatic rings. The summed E-state index contributed by atoms with van der Waals surface area (Å²) in [5, 5.41) is 10.7. The first-order chi connectivity index (χ1) is 7.96. The van der Waals surface area contributed by atoms with Crippen LogP contribution in [0, 0.1) is 5.41 Å². The van der Waals surface area contributed by atoms with Crippen molar-refractivity contribution >= 4 is 11.6 Å². The first-order valence-electron chi connectivity index (χ1n) is 5.37. The summed E-state index contributed by atoms with van der Waals surface area (Å²) in [6.07, 6.45) is -4.61. The molecule has 102 valence electrons. The zero-order chi connectivity index (χ0) is 14.2. The number of halogens is 4. The molecule has 1 aromatic heterocycles. The number of nitrogens with zero attached hydrogens (tertiary/aromatic N) is 1. The van der Waals surface area contributed by atoms with Gasteiger partial charge in [0.2, 0.25) is 0 Å². The Labute approximate surface area is 109 Å². The van der Waals surface area contributed by atoms with E-state index < -0.39 is 23.6 Å². The van der Waals surface area contributed by atoms with Crippen LogP contribution in [0.3, 0.4) is 0 Å². The fourth-order valence-electron chi connectivity index (χ4n) is 1.65. The summed E-state index contributed by atoms with van der Waals surface area (Å²) >= 11 is 5.64. The van der Waals surface area contributed by atoms with E-state index >= 15 is 0 Å². The molecule has 1 heterocycles. The van der Waals surface area contributed by atoms with Crippen LogP contribution < -0.4 is 0 Å². The molecule has 0 amide bonds.